The molecule has 0 saturated carbocycles. The summed E-state index contributed by atoms with van der Waals surface area (Å²) in [4.78, 5) is 88.9. The van der Waals surface area contributed by atoms with Crippen LogP contribution in [0.2, 0.25) is 0 Å². The molecule has 24 nitrogen and oxygen atoms in total. The number of phosphoric ester groups is 3. The molecule has 53 heavy (non-hydrogen) atoms. The second-order valence-corrected chi connectivity index (χ2v) is 17.7. The quantitative estimate of drug-likeness (QED) is 0.0567. The number of anilines is 1. The summed E-state index contributed by atoms with van der Waals surface area (Å²) < 4.78 is 61.6. The van der Waals surface area contributed by atoms with Crippen molar-refractivity contribution in [2.75, 3.05) is 37.8 Å². The van der Waals surface area contributed by atoms with E-state index in [-0.39, 0.29) is 47.5 Å². The van der Waals surface area contributed by atoms with Crippen LogP contribution in [0.15, 0.2) is 12.7 Å². The Balaban J connectivity index is 1.52. The predicted octanol–water partition coefficient (Wildman–Crippen LogP) is -1.31. The van der Waals surface area contributed by atoms with Crippen LogP contribution in [-0.2, 0) is 50.7 Å². The van der Waals surface area contributed by atoms with E-state index in [4.69, 9.17) is 19.5 Å². The smallest absolute Gasteiger partial charge is 0.481 e. The topological polar surface area (TPSA) is 366 Å². The number of fused-ring (bicyclic) bond motifs is 1. The van der Waals surface area contributed by atoms with Crippen LogP contribution in [0, 0.1) is 11.3 Å². The highest BCUT2D eigenvalue weighted by molar-refractivity contribution is 8.13. The molecule has 9 N–H and O–H groups in total. The van der Waals surface area contributed by atoms with Gasteiger partial charge in [-0.05, 0) is 0 Å². The number of aromatic nitrogens is 4. The Kier molecular flexibility index (Phi) is 15.7. The summed E-state index contributed by atoms with van der Waals surface area (Å²) in [6, 6.07) is 0. The molecule has 1 saturated heterocycles. The van der Waals surface area contributed by atoms with Crippen molar-refractivity contribution in [3.05, 3.63) is 12.7 Å². The molecule has 2 amide bonds. The first-order valence-electron chi connectivity index (χ1n) is 15.5. The maximum atomic E-state index is 12.6. The zero-order valence-electron chi connectivity index (χ0n) is 28.6. The van der Waals surface area contributed by atoms with Gasteiger partial charge in [0.05, 0.1) is 19.5 Å². The summed E-state index contributed by atoms with van der Waals surface area (Å²) >= 11 is 1.08. The number of aliphatic hydroxyl groups excluding tert-OH is 2. The highest BCUT2D eigenvalue weighted by Gasteiger charge is 2.49. The van der Waals surface area contributed by atoms with E-state index in [0.29, 0.717) is 5.75 Å². The first-order chi connectivity index (χ1) is 24.4. The maximum absolute atomic E-state index is 12.6. The van der Waals surface area contributed by atoms with Crippen molar-refractivity contribution in [1.29, 1.82) is 0 Å². The van der Waals surface area contributed by atoms with Gasteiger partial charge in [-0.1, -0.05) is 39.5 Å². The minimum atomic E-state index is -5.58. The fraction of sp³-hybridized carbons (Fsp3) is 0.680. The number of imidazole rings is 1. The van der Waals surface area contributed by atoms with Gasteiger partial charge in [-0.15, -0.1) is 0 Å². The number of phosphoric acid groups is 3. The number of aliphatic hydroxyl groups is 2. The van der Waals surface area contributed by atoms with Crippen LogP contribution in [0.25, 0.3) is 11.2 Å². The summed E-state index contributed by atoms with van der Waals surface area (Å²) in [5.41, 5.74) is 4.22. The molecule has 28 heteroatoms. The predicted molar refractivity (Wildman–Crippen MR) is 180 cm³/mol. The molecule has 1 aliphatic heterocycles. The van der Waals surface area contributed by atoms with Gasteiger partial charge in [0.15, 0.2) is 22.8 Å². The van der Waals surface area contributed by atoms with Crippen LogP contribution >= 0.6 is 35.2 Å². The van der Waals surface area contributed by atoms with Crippen molar-refractivity contribution in [1.82, 2.24) is 30.2 Å². The minimum absolute atomic E-state index is 0.0154. The number of rotatable bonds is 20. The Hall–Kier alpha value is -2.44. The summed E-state index contributed by atoms with van der Waals surface area (Å²) in [7, 11) is -16.6. The van der Waals surface area contributed by atoms with E-state index in [9.17, 15) is 57.9 Å². The van der Waals surface area contributed by atoms with Crippen LogP contribution in [0.3, 0.4) is 0 Å². The van der Waals surface area contributed by atoms with Crippen molar-refractivity contribution in [3.63, 3.8) is 0 Å². The monoisotopic (exact) mass is 836 g/mol. The molecule has 2 aromatic heterocycles. The third-order valence-electron chi connectivity index (χ3n) is 7.21. The van der Waals surface area contributed by atoms with Crippen molar-refractivity contribution in [3.8, 4) is 0 Å². The van der Waals surface area contributed by atoms with Gasteiger partial charge in [-0.25, -0.2) is 24.1 Å². The average Bonchev–Trinajstić information content (AvgIpc) is 3.60. The van der Waals surface area contributed by atoms with Crippen LogP contribution in [-0.4, -0.2) is 118 Å². The fourth-order valence-electron chi connectivity index (χ4n) is 4.44. The molecule has 1 aliphatic rings. The van der Waals surface area contributed by atoms with Gasteiger partial charge in [-0.2, -0.15) is 4.31 Å². The first kappa shape index (κ1) is 45.0. The van der Waals surface area contributed by atoms with E-state index in [1.807, 2.05) is 0 Å². The highest BCUT2D eigenvalue weighted by Crippen LogP contribution is 2.61. The number of thioether (sulfide) groups is 1. The minimum Gasteiger partial charge on any atom is -0.756 e. The molecule has 0 radical (unpaired) electrons. The molecular formula is C25H41N7O17P3S-. The molecule has 2 aromatic rings. The number of nitrogens with two attached hydrogens (primary N) is 1. The average molecular weight is 837 g/mol. The summed E-state index contributed by atoms with van der Waals surface area (Å²) in [5, 5.41) is 26.2. The third kappa shape index (κ3) is 13.4. The largest absolute Gasteiger partial charge is 0.756 e. The Labute approximate surface area is 306 Å². The molecule has 0 aliphatic carbocycles. The van der Waals surface area contributed by atoms with Crippen LogP contribution in [0.4, 0.5) is 5.82 Å². The number of nitrogen functional groups attached to an aromatic ring is 1. The van der Waals surface area contributed by atoms with Crippen molar-refractivity contribution >= 4 is 69.1 Å². The molecule has 0 bridgehead atoms. The van der Waals surface area contributed by atoms with Crippen LogP contribution in [0.5, 0.6) is 0 Å². The normalized spacial score (nSPS) is 23.2. The summed E-state index contributed by atoms with van der Waals surface area (Å²) in [5.74, 6) is -1.25. The number of hydrogen-bond donors (Lipinski definition) is 8. The number of amides is 2. The Morgan fingerprint density at radius 2 is 1.75 bits per heavy atom. The lowest BCUT2D eigenvalue weighted by Crippen LogP contribution is -2.46. The number of carbonyl (C=O) groups excluding carboxylic acids is 3. The number of hydrogen-bond acceptors (Lipinski definition) is 19. The molecule has 3 heterocycles. The first-order valence-corrected chi connectivity index (χ1v) is 20.9. The van der Waals surface area contributed by atoms with E-state index in [2.05, 4.69) is 34.4 Å². The lowest BCUT2D eigenvalue weighted by molar-refractivity contribution is -0.228. The van der Waals surface area contributed by atoms with E-state index in [0.717, 1.165) is 29.0 Å². The zero-order chi connectivity index (χ0) is 39.9. The van der Waals surface area contributed by atoms with Gasteiger partial charge in [0.1, 0.15) is 36.3 Å². The molecule has 0 aromatic carbocycles. The van der Waals surface area contributed by atoms with Gasteiger partial charge >= 0.3 is 15.6 Å². The number of carbonyl (C=O) groups is 3. The second kappa shape index (κ2) is 18.5. The highest BCUT2D eigenvalue weighted by atomic mass is 32.2. The Bertz CT molecular complexity index is 1760. The fourth-order valence-corrected chi connectivity index (χ4v) is 8.00. The second-order valence-electron chi connectivity index (χ2n) is 12.4. The van der Waals surface area contributed by atoms with E-state index in [1.165, 1.54) is 13.8 Å². The van der Waals surface area contributed by atoms with Gasteiger partial charge in [0.25, 0.3) is 7.82 Å². The van der Waals surface area contributed by atoms with E-state index < -0.39 is 84.6 Å². The lowest BCUT2D eigenvalue weighted by Gasteiger charge is -2.30. The third-order valence-corrected chi connectivity index (χ3v) is 11.5. The standard InChI is InChI=1S/C25H42N7O17P3S/c1-13(2)24(37)53-8-7-27-15(33)5-6-28-22(36)19(35)25(3,4)10-46-52(43,44)49-51(41,42)45-9-14-18(48-50(38,39)40)17(34)23(47-14)32-12-31-16-20(26)29-11-30-21(16)32/h11-14,17-19,23,34-35H,5-10H2,1-4H3,(H,27,33)(H,28,36)(H,41,42)(H,43,44)(H2,26,29,30)(H2,38,39,40)/p-1. The summed E-state index contributed by atoms with van der Waals surface area (Å²) in [6.07, 6.45) is -7.09. The zero-order valence-corrected chi connectivity index (χ0v) is 32.1. The van der Waals surface area contributed by atoms with Crippen molar-refractivity contribution in [2.45, 2.75) is 64.8 Å². The molecule has 8 unspecified atom stereocenters. The number of nitrogens with zero attached hydrogens (tertiary/aromatic N) is 4. The molecule has 8 atom stereocenters. The molecule has 300 valence electrons. The van der Waals surface area contributed by atoms with Crippen LogP contribution < -0.4 is 21.3 Å². The lowest BCUT2D eigenvalue weighted by atomic mass is 9.87. The number of nitrogens with one attached hydrogen (secondary N) is 2. The maximum Gasteiger partial charge on any atom is 0.481 e. The Morgan fingerprint density at radius 1 is 1.09 bits per heavy atom. The summed E-state index contributed by atoms with van der Waals surface area (Å²) in [6.45, 7) is 3.97. The van der Waals surface area contributed by atoms with E-state index >= 15 is 0 Å². The van der Waals surface area contributed by atoms with Gasteiger partial charge in [0, 0.05) is 36.6 Å². The molecular weight excluding hydrogens is 795 g/mol. The Morgan fingerprint density at radius 3 is 2.40 bits per heavy atom. The molecule has 0 spiro atoms. The van der Waals surface area contributed by atoms with Gasteiger partial charge in [-0.3, -0.25) is 32.6 Å². The van der Waals surface area contributed by atoms with Crippen molar-refractivity contribution in [2.24, 2.45) is 11.3 Å². The van der Waals surface area contributed by atoms with Gasteiger partial charge < -0.3 is 55.4 Å². The number of ether oxygens (including phenoxy) is 1. The molecule has 1 fully saturated rings. The molecule has 3 rings (SSSR count). The van der Waals surface area contributed by atoms with Gasteiger partial charge in [0.2, 0.25) is 11.8 Å². The van der Waals surface area contributed by atoms with Crippen molar-refractivity contribution < 1.29 is 80.5 Å². The van der Waals surface area contributed by atoms with Crippen LogP contribution in [0.1, 0.15) is 40.3 Å². The van der Waals surface area contributed by atoms with E-state index in [1.54, 1.807) is 13.8 Å². The SMILES string of the molecule is CC(C)C(=O)SCCNC(=O)CCNC(=O)C(O)C(C)(C)COP(=O)(O)OP(=O)(O)OCC1OC(n2cnc3c(N)ncnc32)C(O)C1OP(=O)([O-])O.